The Kier molecular flexibility index (Phi) is 46.1. The highest BCUT2D eigenvalue weighted by Gasteiger charge is 2.48. The van der Waals surface area contributed by atoms with Gasteiger partial charge in [0.05, 0.1) is 38.6 Å². The summed E-state index contributed by atoms with van der Waals surface area (Å²) in [5, 5.41) is 135. The summed E-state index contributed by atoms with van der Waals surface area (Å²) in [7, 11) is 0. The second-order valence-corrected chi connectivity index (χ2v) is 27.8. The molecule has 4 saturated heterocycles. The molecule has 0 aromatic rings. The Balaban J connectivity index is 1.30. The van der Waals surface area contributed by atoms with Gasteiger partial charge in [-0.05, 0) is 64.2 Å². The van der Waals surface area contributed by atoms with Crippen molar-refractivity contribution < 1.29 is 132 Å². The number of unbranched alkanes of at least 4 members (excludes halogenated alkanes) is 16. The molecular weight excluding hydrogens is 1400 g/mol. The maximum Gasteiger partial charge on any atom is 0.242 e. The lowest BCUT2D eigenvalue weighted by molar-refractivity contribution is -0.270. The maximum atomic E-state index is 13.9. The van der Waals surface area contributed by atoms with Crippen LogP contribution in [-0.2, 0) is 76.3 Å². The highest BCUT2D eigenvalue weighted by molar-refractivity contribution is 5.90. The van der Waals surface area contributed by atoms with Crippen LogP contribution in [0.5, 0.6) is 0 Å². The van der Waals surface area contributed by atoms with E-state index in [4.69, 9.17) is 33.2 Å². The van der Waals surface area contributed by atoms with Gasteiger partial charge in [-0.3, -0.25) is 43.2 Å². The molecular formula is C70H125N9O27. The van der Waals surface area contributed by atoms with Gasteiger partial charge in [0.2, 0.25) is 53.2 Å². The Hall–Kier alpha value is -5.49. The first-order chi connectivity index (χ1) is 50.8. The van der Waals surface area contributed by atoms with Crippen LogP contribution in [0.2, 0.25) is 0 Å². The standard InChI is InChI=1S/C70H125N9O27/c1-42(84)75-57-63(95)60(92)50(39-81)104-68(57)100-33-21-13-10-18-30-71-54(89)28-26-46(66(98)72-31-19-11-14-22-34-101-69-58(76-43(2)85)64(96)61(93)51(40-82)105-69)79-56(91)29-27-47(67(99)73-32-20-12-15-23-35-102-70-59(77-44(3)86)65(97)62(94)52(41-83)106-70)78-55(90)25-17-9-7-5-4-6-8-16-24-53(88)74-37-45-36-48(87)49(38-80)103-45/h45-52,57-65,68-70,80-83,87,92-97H,4-41H2,1-3H3,(H,71,89)(H,72,98)(H,73,99)(H,74,88)(H,75,84)(H,76,85)(H,77,86)(H,78,90)(H,79,91). The Morgan fingerprint density at radius 1 is 0.358 bits per heavy atom. The quantitative estimate of drug-likeness (QED) is 0.0258. The predicted octanol–water partition coefficient (Wildman–Crippen LogP) is -4.05. The molecule has 4 fully saturated rings. The maximum absolute atomic E-state index is 13.9. The number of nitrogens with one attached hydrogen (secondary N) is 9. The van der Waals surface area contributed by atoms with Crippen LogP contribution in [0.15, 0.2) is 0 Å². The van der Waals surface area contributed by atoms with Crippen molar-refractivity contribution in [2.24, 2.45) is 0 Å². The predicted molar refractivity (Wildman–Crippen MR) is 376 cm³/mol. The molecule has 0 saturated carbocycles. The van der Waals surface area contributed by atoms with Crippen molar-refractivity contribution in [3.05, 3.63) is 0 Å². The van der Waals surface area contributed by atoms with Gasteiger partial charge in [0.15, 0.2) is 18.9 Å². The van der Waals surface area contributed by atoms with Crippen molar-refractivity contribution in [3.63, 3.8) is 0 Å². The third kappa shape index (κ3) is 35.0. The minimum atomic E-state index is -1.47. The van der Waals surface area contributed by atoms with E-state index in [1.54, 1.807) is 0 Å². The van der Waals surface area contributed by atoms with Gasteiger partial charge in [-0.2, -0.15) is 0 Å². The van der Waals surface area contributed by atoms with Crippen LogP contribution in [-0.4, -0.2) is 304 Å². The van der Waals surface area contributed by atoms with Gasteiger partial charge in [0.25, 0.3) is 0 Å². The number of carbonyl (C=O) groups is 9. The molecule has 4 aliphatic heterocycles. The molecule has 4 heterocycles. The molecule has 20 unspecified atom stereocenters. The fourth-order valence-corrected chi connectivity index (χ4v) is 12.8. The lowest BCUT2D eigenvalue weighted by Crippen LogP contribution is -2.64. The van der Waals surface area contributed by atoms with Crippen LogP contribution in [0.1, 0.15) is 194 Å². The molecule has 20 N–H and O–H groups in total. The molecule has 0 aliphatic carbocycles. The van der Waals surface area contributed by atoms with Crippen LogP contribution < -0.4 is 47.9 Å². The number of rotatable bonds is 54. The molecule has 0 radical (unpaired) electrons. The van der Waals surface area contributed by atoms with E-state index in [9.17, 15) is 99.3 Å². The van der Waals surface area contributed by atoms with Gasteiger partial charge in [-0.1, -0.05) is 77.0 Å². The third-order valence-corrected chi connectivity index (χ3v) is 18.9. The Labute approximate surface area is 620 Å². The van der Waals surface area contributed by atoms with E-state index in [-0.39, 0.29) is 96.7 Å². The van der Waals surface area contributed by atoms with Crippen LogP contribution in [0.3, 0.4) is 0 Å². The molecule has 4 aliphatic rings. The van der Waals surface area contributed by atoms with E-state index in [0.717, 1.165) is 38.5 Å². The van der Waals surface area contributed by atoms with Crippen LogP contribution >= 0.6 is 0 Å². The van der Waals surface area contributed by atoms with E-state index in [2.05, 4.69) is 47.9 Å². The SMILES string of the molecule is CC(=O)NC1C(OCCCCCCNC(=O)CCC(NC(=O)CCC(NC(=O)CCCCCCCCCCC(=O)NCC2CC(O)C(CO)O2)C(=O)NCCCCCCOC2OC(CO)C(O)C(O)C2NC(C)=O)C(=O)NCCCCCCOC2OC(CO)C(O)C(O)C2NC(C)=O)OC(CO)C(O)C1O. The van der Waals surface area contributed by atoms with E-state index >= 15 is 0 Å². The molecule has 0 bridgehead atoms. The first-order valence-corrected chi connectivity index (χ1v) is 38.0. The molecule has 0 spiro atoms. The zero-order valence-corrected chi connectivity index (χ0v) is 61.9. The number of carbonyl (C=O) groups excluding carboxylic acids is 9. The van der Waals surface area contributed by atoms with Crippen molar-refractivity contribution in [3.8, 4) is 0 Å². The second-order valence-electron chi connectivity index (χ2n) is 27.8. The fourth-order valence-electron chi connectivity index (χ4n) is 12.8. The van der Waals surface area contributed by atoms with Crippen LogP contribution in [0.4, 0.5) is 0 Å². The average molecular weight is 1520 g/mol. The lowest BCUT2D eigenvalue weighted by atomic mass is 9.97. The van der Waals surface area contributed by atoms with Gasteiger partial charge >= 0.3 is 0 Å². The lowest BCUT2D eigenvalue weighted by Gasteiger charge is -2.42. The molecule has 20 atom stereocenters. The summed E-state index contributed by atoms with van der Waals surface area (Å²) in [5.74, 6) is -4.12. The second kappa shape index (κ2) is 52.6. The smallest absolute Gasteiger partial charge is 0.242 e. The summed E-state index contributed by atoms with van der Waals surface area (Å²) < 4.78 is 39.8. The average Bonchev–Trinajstić information content (AvgIpc) is 1.02. The summed E-state index contributed by atoms with van der Waals surface area (Å²) in [6.45, 7) is 2.99. The first-order valence-electron chi connectivity index (χ1n) is 38.0. The van der Waals surface area contributed by atoms with Gasteiger partial charge in [0.1, 0.15) is 91.2 Å². The Morgan fingerprint density at radius 2 is 0.670 bits per heavy atom. The normalized spacial score (nSPS) is 27.8. The molecule has 36 heteroatoms. The van der Waals surface area contributed by atoms with Gasteiger partial charge < -0.3 is 137 Å². The summed E-state index contributed by atoms with van der Waals surface area (Å²) in [4.78, 5) is 116. The number of amides is 9. The minimum Gasteiger partial charge on any atom is -0.394 e. The molecule has 0 aromatic carbocycles. The zero-order valence-electron chi connectivity index (χ0n) is 61.9. The van der Waals surface area contributed by atoms with Gasteiger partial charge in [-0.25, -0.2) is 0 Å². The summed E-state index contributed by atoms with van der Waals surface area (Å²) in [6.07, 6.45) is -3.97. The highest BCUT2D eigenvalue weighted by atomic mass is 16.7. The largest absolute Gasteiger partial charge is 0.394 e. The van der Waals surface area contributed by atoms with Crippen LogP contribution in [0, 0.1) is 0 Å². The van der Waals surface area contributed by atoms with Crippen molar-refractivity contribution in [2.45, 2.75) is 316 Å². The summed E-state index contributed by atoms with van der Waals surface area (Å²) >= 11 is 0. The number of hydrogen-bond donors (Lipinski definition) is 20. The van der Waals surface area contributed by atoms with Gasteiger partial charge in [-0.15, -0.1) is 0 Å². The zero-order chi connectivity index (χ0) is 77.9. The fraction of sp³-hybridized carbons (Fsp3) is 0.871. The molecule has 0 aromatic heterocycles. The monoisotopic (exact) mass is 1520 g/mol. The van der Waals surface area contributed by atoms with E-state index < -0.39 is 183 Å². The summed E-state index contributed by atoms with van der Waals surface area (Å²) in [5.41, 5.74) is 0. The van der Waals surface area contributed by atoms with E-state index in [1.165, 1.54) is 20.8 Å². The van der Waals surface area contributed by atoms with Crippen LogP contribution in [0.25, 0.3) is 0 Å². The van der Waals surface area contributed by atoms with E-state index in [0.29, 0.717) is 103 Å². The number of hydrogen-bond acceptors (Lipinski definition) is 27. The van der Waals surface area contributed by atoms with Crippen molar-refractivity contribution in [2.75, 3.05) is 72.4 Å². The summed E-state index contributed by atoms with van der Waals surface area (Å²) in [6, 6.07) is -5.61. The molecule has 9 amide bonds. The number of aliphatic hydroxyl groups excluding tert-OH is 11. The van der Waals surface area contributed by atoms with E-state index in [1.807, 2.05) is 0 Å². The number of ether oxygens (including phenoxy) is 7. The van der Waals surface area contributed by atoms with Crippen molar-refractivity contribution in [1.29, 1.82) is 0 Å². The van der Waals surface area contributed by atoms with Crippen molar-refractivity contribution in [1.82, 2.24) is 47.9 Å². The van der Waals surface area contributed by atoms with Gasteiger partial charge in [0, 0.05) is 98.9 Å². The molecule has 612 valence electrons. The Bertz CT molecular complexity index is 2580. The number of aliphatic hydroxyl groups is 11. The third-order valence-electron chi connectivity index (χ3n) is 18.9. The van der Waals surface area contributed by atoms with Crippen molar-refractivity contribution >= 4 is 53.2 Å². The highest BCUT2D eigenvalue weighted by Crippen LogP contribution is 2.27. The Morgan fingerprint density at radius 3 is 1.03 bits per heavy atom. The molecule has 36 nitrogen and oxygen atoms in total. The molecule has 4 rings (SSSR count). The molecule has 106 heavy (non-hydrogen) atoms. The minimum absolute atomic E-state index is 0.104. The topological polar surface area (TPSA) is 549 Å². The first kappa shape index (κ1) is 92.9.